The predicted octanol–water partition coefficient (Wildman–Crippen LogP) is 1.92. The highest BCUT2D eigenvalue weighted by molar-refractivity contribution is 5.72. The average Bonchev–Trinajstić information content (AvgIpc) is 2.19. The number of hydrogen-bond acceptors (Lipinski definition) is 3. The third-order valence-electron chi connectivity index (χ3n) is 3.35. The van der Waals surface area contributed by atoms with Crippen molar-refractivity contribution in [2.45, 2.75) is 32.6 Å². The molecule has 0 aliphatic heterocycles. The molecule has 1 atom stereocenters. The molecule has 0 heterocycles. The lowest BCUT2D eigenvalue weighted by Gasteiger charge is -2.31. The van der Waals surface area contributed by atoms with E-state index in [1.54, 1.807) is 0 Å². The van der Waals surface area contributed by atoms with Gasteiger partial charge in [0.05, 0.1) is 13.0 Å². The van der Waals surface area contributed by atoms with E-state index >= 15 is 0 Å². The maximum Gasteiger partial charge on any atom is 0.309 e. The molecule has 0 aromatic rings. The van der Waals surface area contributed by atoms with Crippen LogP contribution in [-0.4, -0.2) is 38.1 Å². The van der Waals surface area contributed by atoms with Crippen LogP contribution >= 0.6 is 0 Å². The molecule has 1 aliphatic rings. The summed E-state index contributed by atoms with van der Waals surface area (Å²) in [5.41, 5.74) is 0. The number of ether oxygens (including phenoxy) is 1. The van der Waals surface area contributed by atoms with Crippen LogP contribution in [0.1, 0.15) is 32.6 Å². The van der Waals surface area contributed by atoms with Crippen molar-refractivity contribution in [2.24, 2.45) is 11.8 Å². The number of nitrogens with zero attached hydrogens (tertiary/aromatic N) is 1. The summed E-state index contributed by atoms with van der Waals surface area (Å²) >= 11 is 0. The molecule has 0 spiro atoms. The van der Waals surface area contributed by atoms with Gasteiger partial charge >= 0.3 is 5.97 Å². The maximum absolute atomic E-state index is 11.4. The Morgan fingerprint density at radius 1 is 1.53 bits per heavy atom. The van der Waals surface area contributed by atoms with E-state index in [1.165, 1.54) is 26.4 Å². The van der Waals surface area contributed by atoms with E-state index in [1.807, 2.05) is 6.92 Å². The van der Waals surface area contributed by atoms with E-state index < -0.39 is 0 Å². The molecule has 1 saturated carbocycles. The van der Waals surface area contributed by atoms with Gasteiger partial charge in [-0.2, -0.15) is 0 Å². The van der Waals surface area contributed by atoms with Crippen molar-refractivity contribution >= 4 is 5.97 Å². The molecular formula is C12H23NO2. The van der Waals surface area contributed by atoms with Crippen LogP contribution in [0.4, 0.5) is 0 Å². The average molecular weight is 213 g/mol. The van der Waals surface area contributed by atoms with Crippen LogP contribution in [0.15, 0.2) is 0 Å². The van der Waals surface area contributed by atoms with Crippen molar-refractivity contribution in [1.29, 1.82) is 0 Å². The Kier molecular flexibility index (Phi) is 5.09. The second kappa shape index (κ2) is 6.11. The first-order valence-corrected chi connectivity index (χ1v) is 5.93. The number of carbonyl (C=O) groups is 1. The molecule has 1 rings (SSSR count). The second-order valence-corrected chi connectivity index (χ2v) is 4.65. The van der Waals surface area contributed by atoms with Crippen molar-refractivity contribution < 1.29 is 9.53 Å². The molecule has 88 valence electrons. The summed E-state index contributed by atoms with van der Waals surface area (Å²) in [7, 11) is 3.57. The Balaban J connectivity index is 2.26. The van der Waals surface area contributed by atoms with E-state index in [0.29, 0.717) is 0 Å². The first-order valence-electron chi connectivity index (χ1n) is 5.93. The smallest absolute Gasteiger partial charge is 0.309 e. The van der Waals surface area contributed by atoms with Crippen molar-refractivity contribution in [1.82, 2.24) is 4.90 Å². The highest BCUT2D eigenvalue weighted by Crippen LogP contribution is 2.27. The van der Waals surface area contributed by atoms with Gasteiger partial charge in [0, 0.05) is 13.1 Å². The lowest BCUT2D eigenvalue weighted by molar-refractivity contribution is -0.146. The van der Waals surface area contributed by atoms with E-state index in [-0.39, 0.29) is 11.9 Å². The van der Waals surface area contributed by atoms with Crippen molar-refractivity contribution in [3.8, 4) is 0 Å². The monoisotopic (exact) mass is 213 g/mol. The molecule has 1 aliphatic carbocycles. The van der Waals surface area contributed by atoms with Gasteiger partial charge in [0.15, 0.2) is 0 Å². The van der Waals surface area contributed by atoms with E-state index in [0.717, 1.165) is 25.4 Å². The predicted molar refractivity (Wildman–Crippen MR) is 60.6 cm³/mol. The molecule has 1 fully saturated rings. The highest BCUT2D eigenvalue weighted by Gasteiger charge is 2.23. The fourth-order valence-corrected chi connectivity index (χ4v) is 2.10. The molecule has 3 nitrogen and oxygen atoms in total. The van der Waals surface area contributed by atoms with Gasteiger partial charge in [-0.15, -0.1) is 0 Å². The Labute approximate surface area is 92.8 Å². The Hall–Kier alpha value is -0.570. The van der Waals surface area contributed by atoms with Crippen LogP contribution in [0, 0.1) is 11.8 Å². The van der Waals surface area contributed by atoms with E-state index in [9.17, 15) is 4.79 Å². The molecule has 0 bridgehead atoms. The van der Waals surface area contributed by atoms with Gasteiger partial charge in [0.1, 0.15) is 0 Å². The molecule has 0 aromatic heterocycles. The summed E-state index contributed by atoms with van der Waals surface area (Å²) in [5, 5.41) is 0. The van der Waals surface area contributed by atoms with Gasteiger partial charge in [0.2, 0.25) is 0 Å². The zero-order valence-corrected chi connectivity index (χ0v) is 10.2. The molecular weight excluding hydrogens is 190 g/mol. The minimum Gasteiger partial charge on any atom is -0.469 e. The van der Waals surface area contributed by atoms with Gasteiger partial charge in [-0.3, -0.25) is 4.79 Å². The Bertz CT molecular complexity index is 202. The summed E-state index contributed by atoms with van der Waals surface area (Å²) in [5.74, 6) is 0.836. The van der Waals surface area contributed by atoms with Crippen LogP contribution in [0.5, 0.6) is 0 Å². The number of rotatable bonds is 6. The number of hydrogen-bond donors (Lipinski definition) is 0. The highest BCUT2D eigenvalue weighted by atomic mass is 16.5. The molecule has 0 aromatic carbocycles. The number of methoxy groups -OCH3 is 1. The normalized spacial score (nSPS) is 18.7. The number of esters is 1. The second-order valence-electron chi connectivity index (χ2n) is 4.65. The zero-order chi connectivity index (χ0) is 11.3. The van der Waals surface area contributed by atoms with Crippen LogP contribution in [0.25, 0.3) is 0 Å². The van der Waals surface area contributed by atoms with Crippen LogP contribution in [0.2, 0.25) is 0 Å². The summed E-state index contributed by atoms with van der Waals surface area (Å²) < 4.78 is 4.78. The van der Waals surface area contributed by atoms with Gasteiger partial charge < -0.3 is 9.64 Å². The molecule has 0 amide bonds. The van der Waals surface area contributed by atoms with Crippen LogP contribution in [-0.2, 0) is 9.53 Å². The Morgan fingerprint density at radius 2 is 2.20 bits per heavy atom. The molecule has 3 heteroatoms. The lowest BCUT2D eigenvalue weighted by Crippen LogP contribution is -2.35. The van der Waals surface area contributed by atoms with Gasteiger partial charge in [-0.05, 0) is 32.2 Å². The largest absolute Gasteiger partial charge is 0.469 e. The quantitative estimate of drug-likeness (QED) is 0.631. The van der Waals surface area contributed by atoms with Crippen molar-refractivity contribution in [3.05, 3.63) is 0 Å². The summed E-state index contributed by atoms with van der Waals surface area (Å²) in [6.07, 6.45) is 4.97. The van der Waals surface area contributed by atoms with Crippen molar-refractivity contribution in [2.75, 3.05) is 27.2 Å². The van der Waals surface area contributed by atoms with E-state index in [4.69, 9.17) is 4.74 Å². The molecule has 1 unspecified atom stereocenters. The fraction of sp³-hybridized carbons (Fsp3) is 0.917. The van der Waals surface area contributed by atoms with Crippen molar-refractivity contribution in [3.63, 3.8) is 0 Å². The topological polar surface area (TPSA) is 29.5 Å². The minimum absolute atomic E-state index is 0.0417. The maximum atomic E-state index is 11.4. The summed E-state index contributed by atoms with van der Waals surface area (Å²) in [4.78, 5) is 13.7. The molecule has 0 saturated heterocycles. The lowest BCUT2D eigenvalue weighted by atomic mass is 9.85. The molecule has 0 radical (unpaired) electrons. The van der Waals surface area contributed by atoms with Gasteiger partial charge in [-0.25, -0.2) is 0 Å². The fourth-order valence-electron chi connectivity index (χ4n) is 2.10. The molecule has 15 heavy (non-hydrogen) atoms. The Morgan fingerprint density at radius 3 is 2.60 bits per heavy atom. The van der Waals surface area contributed by atoms with Crippen LogP contribution < -0.4 is 0 Å². The van der Waals surface area contributed by atoms with E-state index in [2.05, 4.69) is 11.9 Å². The standard InChI is InChI=1S/C12H23NO2/c1-4-11(12(14)15-3)9-13(2)8-10-6-5-7-10/h10-11H,4-9H2,1-3H3. The minimum atomic E-state index is -0.0713. The zero-order valence-electron chi connectivity index (χ0n) is 10.2. The van der Waals surface area contributed by atoms with Gasteiger partial charge in [-0.1, -0.05) is 13.3 Å². The SMILES string of the molecule is CCC(CN(C)CC1CCC1)C(=O)OC. The third kappa shape index (κ3) is 3.82. The third-order valence-corrected chi connectivity index (χ3v) is 3.35. The first kappa shape index (κ1) is 12.5. The number of carbonyl (C=O) groups excluding carboxylic acids is 1. The summed E-state index contributed by atoms with van der Waals surface area (Å²) in [6.45, 7) is 4.01. The first-order chi connectivity index (χ1) is 7.17. The van der Waals surface area contributed by atoms with Crippen LogP contribution in [0.3, 0.4) is 0 Å². The van der Waals surface area contributed by atoms with Gasteiger partial charge in [0.25, 0.3) is 0 Å². The summed E-state index contributed by atoms with van der Waals surface area (Å²) in [6, 6.07) is 0. The molecule has 0 N–H and O–H groups in total.